The molecule has 3 rings (SSSR count). The molecule has 0 unspecified atom stereocenters. The number of benzene rings is 1. The summed E-state index contributed by atoms with van der Waals surface area (Å²) in [6, 6.07) is 9.87. The number of H-pyrrole nitrogens is 1. The van der Waals surface area contributed by atoms with Crippen LogP contribution < -0.4 is 16.6 Å². The molecule has 0 spiro atoms. The average molecular weight is 341 g/mol. The normalized spacial score (nSPS) is 11.4. The number of hydrogen-bond acceptors (Lipinski definition) is 4. The molecule has 0 bridgehead atoms. The van der Waals surface area contributed by atoms with Gasteiger partial charge in [0.15, 0.2) is 11.2 Å². The highest BCUT2D eigenvalue weighted by Crippen LogP contribution is 2.18. The van der Waals surface area contributed by atoms with E-state index in [0.717, 1.165) is 18.5 Å². The van der Waals surface area contributed by atoms with Crippen LogP contribution in [0.4, 0.5) is 5.95 Å². The molecular weight excluding hydrogens is 318 g/mol. The summed E-state index contributed by atoms with van der Waals surface area (Å²) in [7, 11) is 1.61. The summed E-state index contributed by atoms with van der Waals surface area (Å²) in [5, 5.41) is 3.31. The Labute approximate surface area is 145 Å². The van der Waals surface area contributed by atoms with E-state index >= 15 is 0 Å². The molecule has 0 atom stereocenters. The lowest BCUT2D eigenvalue weighted by Gasteiger charge is -2.11. The molecule has 0 fully saturated rings. The molecule has 3 aromatic rings. The van der Waals surface area contributed by atoms with Crippen molar-refractivity contribution in [3.8, 4) is 0 Å². The van der Waals surface area contributed by atoms with Gasteiger partial charge < -0.3 is 5.32 Å². The first-order chi connectivity index (χ1) is 12.0. The Kier molecular flexibility index (Phi) is 4.74. The van der Waals surface area contributed by atoms with E-state index in [-0.39, 0.29) is 0 Å². The number of anilines is 1. The zero-order valence-electron chi connectivity index (χ0n) is 14.7. The lowest BCUT2D eigenvalue weighted by atomic mass is 10.1. The van der Waals surface area contributed by atoms with Gasteiger partial charge in [0.1, 0.15) is 0 Å². The van der Waals surface area contributed by atoms with Crippen molar-refractivity contribution in [2.45, 2.75) is 26.8 Å². The van der Waals surface area contributed by atoms with Gasteiger partial charge in [-0.1, -0.05) is 44.2 Å². The predicted octanol–water partition coefficient (Wildman–Crippen LogP) is 1.93. The maximum atomic E-state index is 12.4. The van der Waals surface area contributed by atoms with Crippen molar-refractivity contribution in [1.29, 1.82) is 0 Å². The van der Waals surface area contributed by atoms with Gasteiger partial charge in [-0.2, -0.15) is 4.98 Å². The number of aromatic amines is 1. The summed E-state index contributed by atoms with van der Waals surface area (Å²) in [4.78, 5) is 31.2. The SMILES string of the molecule is CC(C)CCNc1nc2c(c(=O)[nH]c(=O)n2C)n1Cc1ccccc1. The van der Waals surface area contributed by atoms with Crippen LogP contribution in [0, 0.1) is 5.92 Å². The van der Waals surface area contributed by atoms with Crippen molar-refractivity contribution in [3.05, 3.63) is 56.7 Å². The fourth-order valence-corrected chi connectivity index (χ4v) is 2.76. The number of fused-ring (bicyclic) bond motifs is 1. The van der Waals surface area contributed by atoms with Crippen LogP contribution in [0.25, 0.3) is 11.2 Å². The number of aromatic nitrogens is 4. The van der Waals surface area contributed by atoms with Crippen molar-refractivity contribution >= 4 is 17.1 Å². The fourth-order valence-electron chi connectivity index (χ4n) is 2.76. The molecule has 2 aromatic heterocycles. The summed E-state index contributed by atoms with van der Waals surface area (Å²) in [6.45, 7) is 5.57. The molecular formula is C18H23N5O2. The minimum Gasteiger partial charge on any atom is -0.356 e. The van der Waals surface area contributed by atoms with Gasteiger partial charge in [-0.3, -0.25) is 18.9 Å². The molecule has 0 amide bonds. The van der Waals surface area contributed by atoms with Gasteiger partial charge in [-0.15, -0.1) is 0 Å². The fraction of sp³-hybridized carbons (Fsp3) is 0.389. The largest absolute Gasteiger partial charge is 0.356 e. The van der Waals surface area contributed by atoms with Crippen LogP contribution in [-0.4, -0.2) is 25.6 Å². The van der Waals surface area contributed by atoms with Gasteiger partial charge in [0.2, 0.25) is 5.95 Å². The summed E-state index contributed by atoms with van der Waals surface area (Å²) in [5.41, 5.74) is 0.964. The molecule has 0 aliphatic rings. The standard InChI is InChI=1S/C18H23N5O2/c1-12(2)9-10-19-17-20-15-14(16(24)21-18(25)22(15)3)23(17)11-13-7-5-4-6-8-13/h4-8,12H,9-11H2,1-3H3,(H,19,20)(H,21,24,25). The number of aryl methyl sites for hydroxylation is 1. The van der Waals surface area contributed by atoms with E-state index in [4.69, 9.17) is 0 Å². The minimum absolute atomic E-state index is 0.386. The molecule has 0 saturated heterocycles. The molecule has 2 N–H and O–H groups in total. The van der Waals surface area contributed by atoms with Crippen molar-refractivity contribution in [3.63, 3.8) is 0 Å². The molecule has 0 aliphatic carbocycles. The number of hydrogen-bond donors (Lipinski definition) is 2. The zero-order chi connectivity index (χ0) is 18.0. The van der Waals surface area contributed by atoms with E-state index in [9.17, 15) is 9.59 Å². The molecule has 132 valence electrons. The lowest BCUT2D eigenvalue weighted by molar-refractivity contribution is 0.604. The quantitative estimate of drug-likeness (QED) is 0.717. The van der Waals surface area contributed by atoms with Crippen LogP contribution in [-0.2, 0) is 13.6 Å². The number of rotatable bonds is 6. The van der Waals surface area contributed by atoms with Crippen molar-refractivity contribution in [2.75, 3.05) is 11.9 Å². The van der Waals surface area contributed by atoms with E-state index in [0.29, 0.717) is 29.6 Å². The molecule has 0 aliphatic heterocycles. The van der Waals surface area contributed by atoms with Crippen molar-refractivity contribution in [2.24, 2.45) is 13.0 Å². The number of nitrogens with one attached hydrogen (secondary N) is 2. The smallest absolute Gasteiger partial charge is 0.329 e. The van der Waals surface area contributed by atoms with Crippen molar-refractivity contribution in [1.82, 2.24) is 19.1 Å². The highest BCUT2D eigenvalue weighted by molar-refractivity contribution is 5.74. The second kappa shape index (κ2) is 6.96. The maximum absolute atomic E-state index is 12.4. The Bertz CT molecular complexity index is 982. The van der Waals surface area contributed by atoms with Crippen LogP contribution in [0.5, 0.6) is 0 Å². The first-order valence-corrected chi connectivity index (χ1v) is 8.44. The molecule has 7 heteroatoms. The van der Waals surface area contributed by atoms with E-state index in [1.54, 1.807) is 7.05 Å². The zero-order valence-corrected chi connectivity index (χ0v) is 14.7. The Balaban J connectivity index is 2.11. The molecule has 25 heavy (non-hydrogen) atoms. The van der Waals surface area contributed by atoms with E-state index in [1.165, 1.54) is 4.57 Å². The van der Waals surface area contributed by atoms with Crippen LogP contribution in [0.15, 0.2) is 39.9 Å². The molecule has 2 heterocycles. The Morgan fingerprint density at radius 2 is 1.92 bits per heavy atom. The monoisotopic (exact) mass is 341 g/mol. The topological polar surface area (TPSA) is 84.7 Å². The van der Waals surface area contributed by atoms with Gasteiger partial charge in [-0.05, 0) is 17.9 Å². The van der Waals surface area contributed by atoms with E-state index < -0.39 is 11.2 Å². The minimum atomic E-state index is -0.462. The van der Waals surface area contributed by atoms with Crippen molar-refractivity contribution < 1.29 is 0 Å². The van der Waals surface area contributed by atoms with Gasteiger partial charge in [0, 0.05) is 13.6 Å². The van der Waals surface area contributed by atoms with Gasteiger partial charge in [0.25, 0.3) is 5.56 Å². The van der Waals surface area contributed by atoms with E-state index in [2.05, 4.69) is 29.1 Å². The molecule has 1 aromatic carbocycles. The number of imidazole rings is 1. The lowest BCUT2D eigenvalue weighted by Crippen LogP contribution is -2.29. The predicted molar refractivity (Wildman–Crippen MR) is 99.1 cm³/mol. The maximum Gasteiger partial charge on any atom is 0.329 e. The Morgan fingerprint density at radius 1 is 1.20 bits per heavy atom. The summed E-state index contributed by atoms with van der Waals surface area (Å²) in [5.74, 6) is 1.17. The summed E-state index contributed by atoms with van der Waals surface area (Å²) in [6.07, 6.45) is 0.990. The van der Waals surface area contributed by atoms with Crippen LogP contribution in [0.2, 0.25) is 0 Å². The first-order valence-electron chi connectivity index (χ1n) is 8.44. The highest BCUT2D eigenvalue weighted by Gasteiger charge is 2.17. The van der Waals surface area contributed by atoms with Crippen LogP contribution in [0.1, 0.15) is 25.8 Å². The third-order valence-electron chi connectivity index (χ3n) is 4.20. The molecule has 0 saturated carbocycles. The van der Waals surface area contributed by atoms with Crippen LogP contribution >= 0.6 is 0 Å². The Hall–Kier alpha value is -2.83. The summed E-state index contributed by atoms with van der Waals surface area (Å²) < 4.78 is 3.20. The van der Waals surface area contributed by atoms with Crippen LogP contribution in [0.3, 0.4) is 0 Å². The average Bonchev–Trinajstić information content (AvgIpc) is 2.92. The molecule has 7 nitrogen and oxygen atoms in total. The van der Waals surface area contributed by atoms with Gasteiger partial charge in [0.05, 0.1) is 6.54 Å². The second-order valence-corrected chi connectivity index (χ2v) is 6.61. The third kappa shape index (κ3) is 3.50. The third-order valence-corrected chi connectivity index (χ3v) is 4.20. The van der Waals surface area contributed by atoms with E-state index in [1.807, 2.05) is 34.9 Å². The highest BCUT2D eigenvalue weighted by atomic mass is 16.2. The molecule has 0 radical (unpaired) electrons. The number of nitrogens with zero attached hydrogens (tertiary/aromatic N) is 3. The first kappa shape index (κ1) is 17.0. The second-order valence-electron chi connectivity index (χ2n) is 6.61. The van der Waals surface area contributed by atoms with Gasteiger partial charge >= 0.3 is 5.69 Å². The van der Waals surface area contributed by atoms with Gasteiger partial charge in [-0.25, -0.2) is 4.79 Å². The summed E-state index contributed by atoms with van der Waals surface area (Å²) >= 11 is 0. The Morgan fingerprint density at radius 3 is 2.60 bits per heavy atom.